The number of aromatic nitrogens is 3. The zero-order chi connectivity index (χ0) is 9.68. The van der Waals surface area contributed by atoms with Gasteiger partial charge in [-0.05, 0) is 6.92 Å². The Morgan fingerprint density at radius 2 is 2.54 bits per heavy atom. The topological polar surface area (TPSA) is 70.7 Å². The van der Waals surface area contributed by atoms with E-state index in [-0.39, 0.29) is 11.7 Å². The van der Waals surface area contributed by atoms with E-state index in [1.807, 2.05) is 0 Å². The molecule has 1 rings (SSSR count). The molecule has 5 heteroatoms. The van der Waals surface area contributed by atoms with E-state index in [4.69, 9.17) is 6.42 Å². The first-order valence-corrected chi connectivity index (χ1v) is 3.84. The molecule has 0 spiro atoms. The number of carbonyl (C=O) groups excluding carboxylic acids is 1. The van der Waals surface area contributed by atoms with Crippen molar-refractivity contribution in [1.29, 1.82) is 0 Å². The zero-order valence-electron chi connectivity index (χ0n) is 7.29. The van der Waals surface area contributed by atoms with Crippen LogP contribution >= 0.6 is 0 Å². The molecule has 1 heterocycles. The summed E-state index contributed by atoms with van der Waals surface area (Å²) in [5, 5.41) is 8.86. The predicted octanol–water partition coefficient (Wildman–Crippen LogP) is -0.134. The fraction of sp³-hybridized carbons (Fsp3) is 0.375. The maximum Gasteiger partial charge on any atom is 0.290 e. The fourth-order valence-electron chi connectivity index (χ4n) is 0.772. The van der Waals surface area contributed by atoms with Gasteiger partial charge in [0, 0.05) is 13.0 Å². The van der Waals surface area contributed by atoms with Crippen molar-refractivity contribution < 1.29 is 4.79 Å². The summed E-state index contributed by atoms with van der Waals surface area (Å²) in [4.78, 5) is 15.1. The van der Waals surface area contributed by atoms with Gasteiger partial charge in [0.05, 0.1) is 0 Å². The number of hydrogen-bond donors (Lipinski definition) is 2. The Balaban J connectivity index is 2.45. The van der Waals surface area contributed by atoms with Crippen molar-refractivity contribution in [3.8, 4) is 12.3 Å². The lowest BCUT2D eigenvalue weighted by Gasteiger charge is -1.96. The summed E-state index contributed by atoms with van der Waals surface area (Å²) in [6, 6.07) is 0. The van der Waals surface area contributed by atoms with Crippen LogP contribution < -0.4 is 5.32 Å². The molecule has 1 aromatic heterocycles. The van der Waals surface area contributed by atoms with Gasteiger partial charge in [0.2, 0.25) is 5.82 Å². The third-order valence-electron chi connectivity index (χ3n) is 1.36. The van der Waals surface area contributed by atoms with Crippen LogP contribution in [-0.4, -0.2) is 27.6 Å². The van der Waals surface area contributed by atoms with E-state index in [9.17, 15) is 4.79 Å². The summed E-state index contributed by atoms with van der Waals surface area (Å²) >= 11 is 0. The van der Waals surface area contributed by atoms with Gasteiger partial charge in [-0.2, -0.15) is 0 Å². The third kappa shape index (κ3) is 2.60. The number of terminal acetylenes is 1. The van der Waals surface area contributed by atoms with Crippen molar-refractivity contribution >= 4 is 5.91 Å². The van der Waals surface area contributed by atoms with E-state index in [0.29, 0.717) is 18.8 Å². The average Bonchev–Trinajstić information content (AvgIpc) is 2.52. The number of nitrogens with zero attached hydrogens (tertiary/aromatic N) is 2. The number of amides is 1. The van der Waals surface area contributed by atoms with Gasteiger partial charge in [-0.1, -0.05) is 0 Å². The highest BCUT2D eigenvalue weighted by Gasteiger charge is 2.08. The van der Waals surface area contributed by atoms with Crippen LogP contribution in [0.4, 0.5) is 0 Å². The molecule has 0 aliphatic rings. The third-order valence-corrected chi connectivity index (χ3v) is 1.36. The summed E-state index contributed by atoms with van der Waals surface area (Å²) in [5.41, 5.74) is 0. The normalized spacial score (nSPS) is 9.23. The van der Waals surface area contributed by atoms with Crippen molar-refractivity contribution in [1.82, 2.24) is 20.5 Å². The highest BCUT2D eigenvalue weighted by molar-refractivity contribution is 5.90. The minimum absolute atomic E-state index is 0.148. The smallest absolute Gasteiger partial charge is 0.290 e. The molecule has 1 amide bonds. The first-order chi connectivity index (χ1) is 6.24. The minimum atomic E-state index is -0.306. The summed E-state index contributed by atoms with van der Waals surface area (Å²) in [6.07, 6.45) is 5.53. The summed E-state index contributed by atoms with van der Waals surface area (Å²) in [6.45, 7) is 2.17. The van der Waals surface area contributed by atoms with Crippen LogP contribution in [0, 0.1) is 19.3 Å². The second-order valence-corrected chi connectivity index (χ2v) is 2.45. The van der Waals surface area contributed by atoms with E-state index in [2.05, 4.69) is 26.4 Å². The number of aryl methyl sites for hydroxylation is 1. The number of rotatable bonds is 3. The number of nitrogens with one attached hydrogen (secondary N) is 2. The predicted molar refractivity (Wildman–Crippen MR) is 46.9 cm³/mol. The van der Waals surface area contributed by atoms with Crippen molar-refractivity contribution in [3.05, 3.63) is 11.6 Å². The minimum Gasteiger partial charge on any atom is -0.348 e. The fourth-order valence-corrected chi connectivity index (χ4v) is 0.772. The van der Waals surface area contributed by atoms with Gasteiger partial charge in [0.25, 0.3) is 5.91 Å². The maximum absolute atomic E-state index is 11.2. The zero-order valence-corrected chi connectivity index (χ0v) is 7.29. The molecule has 13 heavy (non-hydrogen) atoms. The number of H-pyrrole nitrogens is 1. The Morgan fingerprint density at radius 1 is 1.77 bits per heavy atom. The molecule has 0 radical (unpaired) electrons. The number of aromatic amines is 1. The average molecular weight is 178 g/mol. The summed E-state index contributed by atoms with van der Waals surface area (Å²) in [7, 11) is 0. The lowest BCUT2D eigenvalue weighted by Crippen LogP contribution is -2.25. The Bertz CT molecular complexity index is 336. The van der Waals surface area contributed by atoms with Gasteiger partial charge >= 0.3 is 0 Å². The van der Waals surface area contributed by atoms with Crippen LogP contribution in [0.2, 0.25) is 0 Å². The Labute approximate surface area is 75.9 Å². The Kier molecular flexibility index (Phi) is 3.03. The maximum atomic E-state index is 11.2. The van der Waals surface area contributed by atoms with Crippen molar-refractivity contribution in [2.75, 3.05) is 6.54 Å². The largest absolute Gasteiger partial charge is 0.348 e. The lowest BCUT2D eigenvalue weighted by atomic mass is 10.4. The molecule has 0 saturated carbocycles. The highest BCUT2D eigenvalue weighted by atomic mass is 16.2. The van der Waals surface area contributed by atoms with Gasteiger partial charge in [-0.15, -0.1) is 17.4 Å². The molecule has 0 unspecified atom stereocenters. The summed E-state index contributed by atoms with van der Waals surface area (Å²) < 4.78 is 0. The summed E-state index contributed by atoms with van der Waals surface area (Å²) in [5.74, 6) is 2.87. The van der Waals surface area contributed by atoms with Gasteiger partial charge in [-0.3, -0.25) is 9.89 Å². The van der Waals surface area contributed by atoms with E-state index < -0.39 is 0 Å². The molecule has 2 N–H and O–H groups in total. The second kappa shape index (κ2) is 4.26. The van der Waals surface area contributed by atoms with Gasteiger partial charge in [-0.25, -0.2) is 4.98 Å². The molecule has 0 fully saturated rings. The van der Waals surface area contributed by atoms with Crippen LogP contribution in [0.5, 0.6) is 0 Å². The van der Waals surface area contributed by atoms with Crippen LogP contribution in [-0.2, 0) is 0 Å². The van der Waals surface area contributed by atoms with E-state index >= 15 is 0 Å². The Hall–Kier alpha value is -1.83. The van der Waals surface area contributed by atoms with Crippen molar-refractivity contribution in [2.45, 2.75) is 13.3 Å². The highest BCUT2D eigenvalue weighted by Crippen LogP contribution is 1.89. The van der Waals surface area contributed by atoms with Crippen molar-refractivity contribution in [3.63, 3.8) is 0 Å². The van der Waals surface area contributed by atoms with Crippen molar-refractivity contribution in [2.24, 2.45) is 0 Å². The molecule has 0 aromatic carbocycles. The van der Waals surface area contributed by atoms with Crippen LogP contribution in [0.25, 0.3) is 0 Å². The monoisotopic (exact) mass is 178 g/mol. The van der Waals surface area contributed by atoms with Gasteiger partial charge in [0.1, 0.15) is 5.82 Å². The molecular weight excluding hydrogens is 168 g/mol. The van der Waals surface area contributed by atoms with Crippen LogP contribution in [0.1, 0.15) is 22.9 Å². The molecule has 0 saturated heterocycles. The SMILES string of the molecule is C#CCCNC(=O)c1n[nH]c(C)n1. The Morgan fingerprint density at radius 3 is 3.08 bits per heavy atom. The molecular formula is C8H10N4O. The first kappa shape index (κ1) is 9.26. The molecule has 0 atom stereocenters. The number of carbonyl (C=O) groups is 1. The molecule has 0 bridgehead atoms. The standard InChI is InChI=1S/C8H10N4O/c1-3-4-5-9-8(13)7-10-6(2)11-12-7/h1H,4-5H2,2H3,(H,9,13)(H,10,11,12). The number of hydrogen-bond acceptors (Lipinski definition) is 3. The van der Waals surface area contributed by atoms with E-state index in [1.54, 1.807) is 6.92 Å². The second-order valence-electron chi connectivity index (χ2n) is 2.45. The molecule has 0 aliphatic heterocycles. The van der Waals surface area contributed by atoms with E-state index in [1.165, 1.54) is 0 Å². The molecule has 1 aromatic rings. The molecule has 68 valence electrons. The molecule has 5 nitrogen and oxygen atoms in total. The van der Waals surface area contributed by atoms with Gasteiger partial charge in [0.15, 0.2) is 0 Å². The van der Waals surface area contributed by atoms with Gasteiger partial charge < -0.3 is 5.32 Å². The van der Waals surface area contributed by atoms with Crippen LogP contribution in [0.15, 0.2) is 0 Å². The quantitative estimate of drug-likeness (QED) is 0.500. The van der Waals surface area contributed by atoms with Crippen LogP contribution in [0.3, 0.4) is 0 Å². The lowest BCUT2D eigenvalue weighted by molar-refractivity contribution is 0.0944. The van der Waals surface area contributed by atoms with E-state index in [0.717, 1.165) is 0 Å². The molecule has 0 aliphatic carbocycles. The first-order valence-electron chi connectivity index (χ1n) is 3.84.